The Morgan fingerprint density at radius 3 is 2.52 bits per heavy atom. The van der Waals surface area contributed by atoms with E-state index in [1.165, 1.54) is 23.5 Å². The second kappa shape index (κ2) is 6.53. The molecule has 0 saturated carbocycles. The largest absolute Gasteiger partial charge is 0.494 e. The molecule has 8 heteroatoms. The predicted octanol–water partition coefficient (Wildman–Crippen LogP) is 5.52. The summed E-state index contributed by atoms with van der Waals surface area (Å²) in [6, 6.07) is 8.07. The molecule has 0 aliphatic heterocycles. The molecular formula is C15H9Cl3N2O2S. The third-order valence-electron chi connectivity index (χ3n) is 3.02. The number of amides is 1. The van der Waals surface area contributed by atoms with Crippen molar-refractivity contribution in [2.75, 3.05) is 12.4 Å². The van der Waals surface area contributed by atoms with Gasteiger partial charge in [-0.15, -0.1) is 0 Å². The third kappa shape index (κ3) is 3.38. The zero-order valence-corrected chi connectivity index (χ0v) is 14.8. The van der Waals surface area contributed by atoms with Gasteiger partial charge in [-0.25, -0.2) is 4.98 Å². The van der Waals surface area contributed by atoms with Gasteiger partial charge in [-0.05, 0) is 30.3 Å². The number of carbonyl (C=O) groups is 1. The van der Waals surface area contributed by atoms with Crippen LogP contribution in [0.3, 0.4) is 0 Å². The molecule has 2 aromatic carbocycles. The van der Waals surface area contributed by atoms with Gasteiger partial charge in [0.1, 0.15) is 11.3 Å². The highest BCUT2D eigenvalue weighted by atomic mass is 35.5. The van der Waals surface area contributed by atoms with Crippen LogP contribution < -0.4 is 10.1 Å². The lowest BCUT2D eigenvalue weighted by Crippen LogP contribution is -2.11. The van der Waals surface area contributed by atoms with Crippen molar-refractivity contribution in [3.05, 3.63) is 51.0 Å². The molecule has 1 amide bonds. The van der Waals surface area contributed by atoms with Crippen LogP contribution in [0.4, 0.5) is 5.13 Å². The van der Waals surface area contributed by atoms with Crippen molar-refractivity contribution in [3.8, 4) is 5.75 Å². The van der Waals surface area contributed by atoms with Crippen LogP contribution in [0.15, 0.2) is 30.3 Å². The summed E-state index contributed by atoms with van der Waals surface area (Å²) >= 11 is 19.2. The molecule has 3 rings (SSSR count). The number of fused-ring (bicyclic) bond motifs is 1. The Bertz CT molecular complexity index is 891. The highest BCUT2D eigenvalue weighted by Crippen LogP contribution is 2.37. The van der Waals surface area contributed by atoms with Crippen LogP contribution in [0.5, 0.6) is 5.75 Å². The van der Waals surface area contributed by atoms with Gasteiger partial charge in [-0.3, -0.25) is 10.1 Å². The van der Waals surface area contributed by atoms with E-state index >= 15 is 0 Å². The first-order valence-corrected chi connectivity index (χ1v) is 8.33. The quantitative estimate of drug-likeness (QED) is 0.644. The van der Waals surface area contributed by atoms with Gasteiger partial charge in [0.25, 0.3) is 5.91 Å². The van der Waals surface area contributed by atoms with Crippen molar-refractivity contribution in [3.63, 3.8) is 0 Å². The molecule has 4 nitrogen and oxygen atoms in total. The summed E-state index contributed by atoms with van der Waals surface area (Å²) < 4.78 is 6.00. The Labute approximate surface area is 150 Å². The van der Waals surface area contributed by atoms with E-state index in [0.717, 1.165) is 4.70 Å². The number of methoxy groups -OCH3 is 1. The van der Waals surface area contributed by atoms with Gasteiger partial charge in [0, 0.05) is 15.6 Å². The number of anilines is 1. The van der Waals surface area contributed by atoms with Crippen molar-refractivity contribution >= 4 is 67.4 Å². The molecule has 0 fully saturated rings. The molecule has 3 aromatic rings. The summed E-state index contributed by atoms with van der Waals surface area (Å²) in [5.74, 6) is 0.232. The second-order valence-electron chi connectivity index (χ2n) is 4.56. The number of benzene rings is 2. The molecule has 1 heterocycles. The first-order chi connectivity index (χ1) is 11.0. The number of hydrogen-bond acceptors (Lipinski definition) is 4. The van der Waals surface area contributed by atoms with Crippen molar-refractivity contribution in [2.24, 2.45) is 0 Å². The summed E-state index contributed by atoms with van der Waals surface area (Å²) in [7, 11) is 1.55. The van der Waals surface area contributed by atoms with Gasteiger partial charge in [-0.2, -0.15) is 0 Å². The predicted molar refractivity (Wildman–Crippen MR) is 95.6 cm³/mol. The lowest BCUT2D eigenvalue weighted by molar-refractivity contribution is 0.102. The second-order valence-corrected chi connectivity index (χ2v) is 6.84. The summed E-state index contributed by atoms with van der Waals surface area (Å²) in [6.07, 6.45) is 0. The first-order valence-electron chi connectivity index (χ1n) is 6.38. The monoisotopic (exact) mass is 386 g/mol. The molecule has 1 N–H and O–H groups in total. The molecule has 118 valence electrons. The van der Waals surface area contributed by atoms with Crippen molar-refractivity contribution in [1.82, 2.24) is 4.98 Å². The maximum Gasteiger partial charge on any atom is 0.257 e. The van der Waals surface area contributed by atoms with Crippen LogP contribution in [0.1, 0.15) is 10.4 Å². The number of aromatic nitrogens is 1. The van der Waals surface area contributed by atoms with E-state index < -0.39 is 0 Å². The van der Waals surface area contributed by atoms with Crippen LogP contribution in [-0.4, -0.2) is 18.0 Å². The average molecular weight is 388 g/mol. The maximum absolute atomic E-state index is 12.3. The molecule has 0 spiro atoms. The maximum atomic E-state index is 12.3. The molecule has 0 radical (unpaired) electrons. The lowest BCUT2D eigenvalue weighted by atomic mass is 10.2. The highest BCUT2D eigenvalue weighted by Gasteiger charge is 2.15. The molecular weight excluding hydrogens is 379 g/mol. The minimum Gasteiger partial charge on any atom is -0.494 e. The fraction of sp³-hybridized carbons (Fsp3) is 0.0667. The van der Waals surface area contributed by atoms with E-state index in [1.807, 2.05) is 0 Å². The number of nitrogens with one attached hydrogen (secondary N) is 1. The van der Waals surface area contributed by atoms with Gasteiger partial charge >= 0.3 is 0 Å². The van der Waals surface area contributed by atoms with E-state index in [9.17, 15) is 4.79 Å². The molecule has 0 aliphatic carbocycles. The standard InChI is InChI=1S/C15H9Cl3N2O2S/c1-22-11-3-2-10(18)13-12(11)19-15(23-13)20-14(21)7-4-8(16)6-9(17)5-7/h2-6H,1H3,(H,19,20,21). The Balaban J connectivity index is 1.95. The summed E-state index contributed by atoms with van der Waals surface area (Å²) in [5, 5.41) is 4.44. The number of ether oxygens (including phenoxy) is 1. The van der Waals surface area contributed by atoms with Gasteiger partial charge < -0.3 is 4.74 Å². The fourth-order valence-corrected chi connectivity index (χ4v) is 3.70. The summed E-state index contributed by atoms with van der Waals surface area (Å²) in [6.45, 7) is 0. The minimum absolute atomic E-state index is 0.347. The van der Waals surface area contributed by atoms with E-state index in [0.29, 0.717) is 37.0 Å². The van der Waals surface area contributed by atoms with E-state index in [1.54, 1.807) is 25.3 Å². The van der Waals surface area contributed by atoms with Crippen molar-refractivity contribution in [2.45, 2.75) is 0 Å². The normalized spacial score (nSPS) is 10.8. The topological polar surface area (TPSA) is 51.2 Å². The highest BCUT2D eigenvalue weighted by molar-refractivity contribution is 7.23. The number of carbonyl (C=O) groups excluding carboxylic acids is 1. The van der Waals surface area contributed by atoms with Crippen LogP contribution in [0.25, 0.3) is 10.2 Å². The zero-order chi connectivity index (χ0) is 16.6. The Kier molecular flexibility index (Phi) is 4.64. The van der Waals surface area contributed by atoms with Gasteiger partial charge in [0.2, 0.25) is 0 Å². The Morgan fingerprint density at radius 1 is 1.17 bits per heavy atom. The van der Waals surface area contributed by atoms with Crippen molar-refractivity contribution < 1.29 is 9.53 Å². The molecule has 0 aliphatic rings. The van der Waals surface area contributed by atoms with Crippen LogP contribution in [0.2, 0.25) is 15.1 Å². The van der Waals surface area contributed by atoms with Crippen LogP contribution >= 0.6 is 46.1 Å². The summed E-state index contributed by atoms with van der Waals surface area (Å²) in [4.78, 5) is 16.7. The van der Waals surface area contributed by atoms with Gasteiger partial charge in [0.15, 0.2) is 5.13 Å². The number of hydrogen-bond donors (Lipinski definition) is 1. The number of halogens is 3. The number of rotatable bonds is 3. The third-order valence-corrected chi connectivity index (χ3v) is 4.89. The molecule has 0 unspecified atom stereocenters. The SMILES string of the molecule is COc1ccc(Cl)c2sc(NC(=O)c3cc(Cl)cc(Cl)c3)nc12. The van der Waals surface area contributed by atoms with Gasteiger partial charge in [-0.1, -0.05) is 46.1 Å². The van der Waals surface area contributed by atoms with Crippen molar-refractivity contribution in [1.29, 1.82) is 0 Å². The molecule has 23 heavy (non-hydrogen) atoms. The van der Waals surface area contributed by atoms with Crippen LogP contribution in [-0.2, 0) is 0 Å². The Hall–Kier alpha value is -1.53. The average Bonchev–Trinajstić information content (AvgIpc) is 2.91. The zero-order valence-electron chi connectivity index (χ0n) is 11.7. The van der Waals surface area contributed by atoms with E-state index in [2.05, 4.69) is 10.3 Å². The number of thiazole rings is 1. The fourth-order valence-electron chi connectivity index (χ4n) is 2.02. The Morgan fingerprint density at radius 2 is 1.87 bits per heavy atom. The molecule has 0 atom stereocenters. The molecule has 1 aromatic heterocycles. The smallest absolute Gasteiger partial charge is 0.257 e. The lowest BCUT2D eigenvalue weighted by Gasteiger charge is -2.03. The molecule has 0 bridgehead atoms. The summed E-state index contributed by atoms with van der Waals surface area (Å²) in [5.41, 5.74) is 0.948. The number of nitrogens with zero attached hydrogens (tertiary/aromatic N) is 1. The minimum atomic E-state index is -0.358. The molecule has 0 saturated heterocycles. The van der Waals surface area contributed by atoms with Crippen LogP contribution in [0, 0.1) is 0 Å². The first kappa shape index (κ1) is 16.3. The van der Waals surface area contributed by atoms with E-state index in [4.69, 9.17) is 39.5 Å². The van der Waals surface area contributed by atoms with E-state index in [-0.39, 0.29) is 5.91 Å². The van der Waals surface area contributed by atoms with Gasteiger partial charge in [0.05, 0.1) is 16.8 Å².